The van der Waals surface area contributed by atoms with E-state index in [9.17, 15) is 19.0 Å². The number of nitrogens with one attached hydrogen (secondary N) is 1. The van der Waals surface area contributed by atoms with E-state index in [2.05, 4.69) is 148 Å². The van der Waals surface area contributed by atoms with Crippen LogP contribution in [0.1, 0.15) is 310 Å². The molecule has 1 amide bonds. The van der Waals surface area contributed by atoms with E-state index in [4.69, 9.17) is 13.8 Å². The molecule has 0 saturated heterocycles. The van der Waals surface area contributed by atoms with Crippen molar-refractivity contribution >= 4 is 19.7 Å². The molecule has 3 atom stereocenters. The minimum absolute atomic E-state index is 0.0309. The number of hydrogen-bond acceptors (Lipinski definition) is 6. The number of allylic oxidation sites excluding steroid dienone is 21. The van der Waals surface area contributed by atoms with E-state index in [1.165, 1.54) is 135 Å². The third-order valence-electron chi connectivity index (χ3n) is 15.8. The van der Waals surface area contributed by atoms with Gasteiger partial charge in [0, 0.05) is 12.8 Å². The Balaban J connectivity index is 5.08. The zero-order valence-electron chi connectivity index (χ0n) is 59.1. The maximum atomic E-state index is 13.6. The SMILES string of the molecule is CC/C=C\C/C=C\C/C=C\C/C=C\C/C=C\C/C=C\CCCCCCCCCCC(=O)NC(COP(=O)(O)OCC[N+](C)(C)C)C(/C=C/CCCCCCCCCCCC)OC(=O)CCCCCCCCCCC/C=C\C/C=C\C/C=C\C/C=C\CCCCC. The summed E-state index contributed by atoms with van der Waals surface area (Å²) in [4.78, 5) is 38.0. The number of amides is 1. The Morgan fingerprint density at radius 1 is 0.400 bits per heavy atom. The van der Waals surface area contributed by atoms with Gasteiger partial charge in [0.1, 0.15) is 19.3 Å². The first-order valence-electron chi connectivity index (χ1n) is 37.0. The minimum Gasteiger partial charge on any atom is -0.456 e. The highest BCUT2D eigenvalue weighted by atomic mass is 31.2. The highest BCUT2D eigenvalue weighted by Crippen LogP contribution is 2.43. The topological polar surface area (TPSA) is 111 Å². The molecule has 0 aromatic carbocycles. The first kappa shape index (κ1) is 86.2. The number of phosphoric acid groups is 1. The van der Waals surface area contributed by atoms with Gasteiger partial charge in [-0.05, 0) is 128 Å². The second kappa shape index (κ2) is 68.0. The number of esters is 1. The van der Waals surface area contributed by atoms with Crippen LogP contribution in [-0.4, -0.2) is 74.3 Å². The highest BCUT2D eigenvalue weighted by molar-refractivity contribution is 7.47. The fraction of sp³-hybridized carbons (Fsp3) is 0.700. The zero-order valence-corrected chi connectivity index (χ0v) is 60.0. The van der Waals surface area contributed by atoms with Crippen LogP contribution < -0.4 is 5.32 Å². The summed E-state index contributed by atoms with van der Waals surface area (Å²) < 4.78 is 30.9. The average Bonchev–Trinajstić information content (AvgIpc) is 3.04. The predicted octanol–water partition coefficient (Wildman–Crippen LogP) is 24.0. The van der Waals surface area contributed by atoms with Crippen LogP contribution in [0.25, 0.3) is 0 Å². The molecule has 0 spiro atoms. The van der Waals surface area contributed by atoms with E-state index in [1.54, 1.807) is 0 Å². The molecule has 0 aliphatic rings. The second-order valence-corrected chi connectivity index (χ2v) is 27.2. The van der Waals surface area contributed by atoms with Gasteiger partial charge in [-0.3, -0.25) is 18.6 Å². The Kier molecular flexibility index (Phi) is 65.1. The quantitative estimate of drug-likeness (QED) is 0.0205. The van der Waals surface area contributed by atoms with E-state index >= 15 is 0 Å². The van der Waals surface area contributed by atoms with Gasteiger partial charge in [-0.15, -0.1) is 0 Å². The first-order chi connectivity index (χ1) is 43.9. The molecule has 0 aliphatic carbocycles. The van der Waals surface area contributed by atoms with Gasteiger partial charge in [-0.2, -0.15) is 0 Å². The van der Waals surface area contributed by atoms with Crippen LogP contribution in [0.3, 0.4) is 0 Å². The van der Waals surface area contributed by atoms with E-state index in [-0.39, 0.29) is 31.5 Å². The molecule has 0 rings (SSSR count). The summed E-state index contributed by atoms with van der Waals surface area (Å²) in [7, 11) is 1.47. The summed E-state index contributed by atoms with van der Waals surface area (Å²) >= 11 is 0. The number of carbonyl (C=O) groups is 2. The first-order valence-corrected chi connectivity index (χ1v) is 38.5. The van der Waals surface area contributed by atoms with Gasteiger partial charge in [0.25, 0.3) is 0 Å². The van der Waals surface area contributed by atoms with Crippen molar-refractivity contribution in [3.63, 3.8) is 0 Å². The smallest absolute Gasteiger partial charge is 0.456 e. The molecule has 0 heterocycles. The van der Waals surface area contributed by atoms with Crippen LogP contribution in [0.15, 0.2) is 134 Å². The number of quaternary nitrogens is 1. The Labute approximate surface area is 556 Å². The molecular formula is C80H140N2O7P+. The Morgan fingerprint density at radius 2 is 0.711 bits per heavy atom. The summed E-state index contributed by atoms with van der Waals surface area (Å²) in [5, 5.41) is 3.07. The molecule has 516 valence electrons. The number of likely N-dealkylation sites (N-methyl/N-ethyl adjacent to an activating group) is 1. The third-order valence-corrected chi connectivity index (χ3v) is 16.8. The standard InChI is InChI=1S/C80H139N2O7P/c1-7-10-13-16-19-22-25-28-30-32-34-36-38-40-41-43-44-46-48-50-52-54-57-60-63-66-69-72-79(83)81-77(76-88-90(85,86)87-75-74-82(4,5)6)78(71-68-65-62-59-56-27-24-21-18-15-12-9-3)89-80(84)73-70-67-64-61-58-55-53-51-49-47-45-42-39-37-35-33-31-29-26-23-20-17-14-11-8-2/h10,13,19-20,22-23,28-31,34-37,40-42,44-46,68,71,77-78H,7-9,11-12,14-18,21,24-27,32-33,38-39,43,47-67,69-70,72-76H2,1-6H3,(H-,81,83,85,86)/p+1/b13-10-,22-19-,23-20-,30-28-,31-29-,36-34-,37-35-,41-40-,45-42-,46-44-,71-68+. The number of phosphoric ester groups is 1. The number of ether oxygens (including phenoxy) is 1. The fourth-order valence-electron chi connectivity index (χ4n) is 10.2. The molecule has 0 radical (unpaired) electrons. The lowest BCUT2D eigenvalue weighted by Crippen LogP contribution is -2.47. The zero-order chi connectivity index (χ0) is 65.6. The van der Waals surface area contributed by atoms with Crippen LogP contribution in [0.2, 0.25) is 0 Å². The molecule has 90 heavy (non-hydrogen) atoms. The van der Waals surface area contributed by atoms with Crippen LogP contribution >= 0.6 is 7.82 Å². The minimum atomic E-state index is -4.47. The highest BCUT2D eigenvalue weighted by Gasteiger charge is 2.30. The van der Waals surface area contributed by atoms with Gasteiger partial charge < -0.3 is 19.4 Å². The van der Waals surface area contributed by atoms with Gasteiger partial charge >= 0.3 is 13.8 Å². The fourth-order valence-corrected chi connectivity index (χ4v) is 10.9. The van der Waals surface area contributed by atoms with Crippen LogP contribution in [0, 0.1) is 0 Å². The van der Waals surface area contributed by atoms with Gasteiger partial charge in [0.05, 0.1) is 33.8 Å². The van der Waals surface area contributed by atoms with Crippen molar-refractivity contribution in [2.45, 2.75) is 322 Å². The van der Waals surface area contributed by atoms with Crippen LogP contribution in [0.4, 0.5) is 0 Å². The molecule has 0 bridgehead atoms. The molecule has 3 unspecified atom stereocenters. The number of hydrogen-bond donors (Lipinski definition) is 2. The van der Waals surface area contributed by atoms with E-state index in [0.717, 1.165) is 141 Å². The summed E-state index contributed by atoms with van der Waals surface area (Å²) in [5.41, 5.74) is 0. The molecule has 9 nitrogen and oxygen atoms in total. The number of nitrogens with zero attached hydrogens (tertiary/aromatic N) is 1. The van der Waals surface area contributed by atoms with E-state index in [1.807, 2.05) is 33.3 Å². The predicted molar refractivity (Wildman–Crippen MR) is 392 cm³/mol. The van der Waals surface area contributed by atoms with Crippen molar-refractivity contribution in [2.24, 2.45) is 0 Å². The third kappa shape index (κ3) is 68.5. The molecule has 0 aromatic heterocycles. The van der Waals surface area contributed by atoms with Gasteiger partial charge in [0.15, 0.2) is 0 Å². The van der Waals surface area contributed by atoms with Crippen molar-refractivity contribution in [2.75, 3.05) is 40.9 Å². The summed E-state index contributed by atoms with van der Waals surface area (Å²) in [6.07, 6.45) is 97.5. The lowest BCUT2D eigenvalue weighted by atomic mass is 10.0. The average molecular weight is 1270 g/mol. The largest absolute Gasteiger partial charge is 0.472 e. The van der Waals surface area contributed by atoms with Crippen molar-refractivity contribution in [3.05, 3.63) is 134 Å². The van der Waals surface area contributed by atoms with Crippen LogP contribution in [0.5, 0.6) is 0 Å². The number of carbonyl (C=O) groups excluding carboxylic acids is 2. The van der Waals surface area contributed by atoms with E-state index in [0.29, 0.717) is 17.4 Å². The summed E-state index contributed by atoms with van der Waals surface area (Å²) in [5.74, 6) is -0.524. The van der Waals surface area contributed by atoms with Crippen LogP contribution in [-0.2, 0) is 27.9 Å². The molecule has 0 aliphatic heterocycles. The monoisotopic (exact) mass is 1270 g/mol. The number of rotatable bonds is 66. The normalized spacial score (nSPS) is 14.3. The van der Waals surface area contributed by atoms with Gasteiger partial charge in [-0.1, -0.05) is 302 Å². The van der Waals surface area contributed by atoms with Gasteiger partial charge in [-0.25, -0.2) is 4.57 Å². The second-order valence-electron chi connectivity index (χ2n) is 25.7. The molecular weight excluding hydrogens is 1130 g/mol. The maximum Gasteiger partial charge on any atom is 0.472 e. The van der Waals surface area contributed by atoms with Crippen molar-refractivity contribution in [1.29, 1.82) is 0 Å². The summed E-state index contributed by atoms with van der Waals surface area (Å²) in [6, 6.07) is -0.866. The van der Waals surface area contributed by atoms with Crippen molar-refractivity contribution in [3.8, 4) is 0 Å². The van der Waals surface area contributed by atoms with Crippen molar-refractivity contribution < 1.29 is 37.3 Å². The lowest BCUT2D eigenvalue weighted by Gasteiger charge is -2.27. The maximum absolute atomic E-state index is 13.6. The van der Waals surface area contributed by atoms with Gasteiger partial charge in [0.2, 0.25) is 5.91 Å². The van der Waals surface area contributed by atoms with Crippen molar-refractivity contribution in [1.82, 2.24) is 5.32 Å². The Morgan fingerprint density at radius 3 is 1.09 bits per heavy atom. The Bertz CT molecular complexity index is 2000. The molecule has 0 aromatic rings. The lowest BCUT2D eigenvalue weighted by molar-refractivity contribution is -0.870. The molecule has 2 N–H and O–H groups in total. The Hall–Kier alpha value is -3.85. The summed E-state index contributed by atoms with van der Waals surface area (Å²) in [6.45, 7) is 6.87. The molecule has 0 fully saturated rings. The number of unbranched alkanes of at least 4 members (excludes halogenated alkanes) is 30. The molecule has 10 heteroatoms. The molecule has 0 saturated carbocycles. The van der Waals surface area contributed by atoms with E-state index < -0.39 is 20.0 Å².